The lowest BCUT2D eigenvalue weighted by atomic mass is 10.1. The van der Waals surface area contributed by atoms with Crippen LogP contribution >= 0.6 is 0 Å². The van der Waals surface area contributed by atoms with E-state index in [0.29, 0.717) is 35.9 Å². The van der Waals surface area contributed by atoms with Gasteiger partial charge in [0.25, 0.3) is 5.91 Å². The number of rotatable bonds is 8. The number of nitrogens with one attached hydrogen (secondary N) is 2. The van der Waals surface area contributed by atoms with E-state index in [1.165, 1.54) is 7.11 Å². The smallest absolute Gasteiger partial charge is 0.274 e. The third kappa shape index (κ3) is 4.85. The molecule has 0 fully saturated rings. The number of hydrogen-bond acceptors (Lipinski definition) is 8. The molecule has 2 aromatic heterocycles. The molecule has 0 radical (unpaired) electrons. The van der Waals surface area contributed by atoms with Gasteiger partial charge in [-0.1, -0.05) is 18.2 Å². The standard InChI is InChI=1S/C24H27N7O3/c1-15-22-20(30(3)24(23(32)29-22)34-16(2)33-4)9-21(28-15)26-11-17-12-27-31(13-17)14-19-8-6-5-7-18(19)10-25/h5-9,12-13,16,24H,11,14H2,1-4H3,(H,26,28)(H,29,32). The largest absolute Gasteiger partial charge is 0.366 e. The van der Waals surface area contributed by atoms with Crippen molar-refractivity contribution in [2.75, 3.05) is 29.7 Å². The molecule has 2 N–H and O–H groups in total. The maximum absolute atomic E-state index is 12.5. The van der Waals surface area contributed by atoms with E-state index in [9.17, 15) is 10.1 Å². The molecule has 0 saturated heterocycles. The molecule has 2 atom stereocenters. The van der Waals surface area contributed by atoms with E-state index in [0.717, 1.165) is 16.8 Å². The molecule has 0 aliphatic carbocycles. The molecule has 10 heteroatoms. The second kappa shape index (κ2) is 9.91. The van der Waals surface area contributed by atoms with E-state index in [-0.39, 0.29) is 5.91 Å². The summed E-state index contributed by atoms with van der Waals surface area (Å²) in [6.45, 7) is 4.62. The normalized spacial score (nSPS) is 15.9. The van der Waals surface area contributed by atoms with Gasteiger partial charge in [0, 0.05) is 38.5 Å². The molecule has 4 rings (SSSR count). The molecule has 1 aliphatic heterocycles. The number of amides is 1. The topological polar surface area (TPSA) is 117 Å². The fourth-order valence-corrected chi connectivity index (χ4v) is 3.77. The Balaban J connectivity index is 1.46. The minimum atomic E-state index is -0.813. The summed E-state index contributed by atoms with van der Waals surface area (Å²) in [7, 11) is 3.33. The molecule has 1 aromatic carbocycles. The van der Waals surface area contributed by atoms with Gasteiger partial charge in [-0.2, -0.15) is 10.4 Å². The number of hydrogen-bond donors (Lipinski definition) is 2. The molecule has 1 amide bonds. The number of ether oxygens (including phenoxy) is 2. The average molecular weight is 462 g/mol. The van der Waals surface area contributed by atoms with Crippen molar-refractivity contribution >= 4 is 23.1 Å². The number of aryl methyl sites for hydroxylation is 1. The summed E-state index contributed by atoms with van der Waals surface area (Å²) in [4.78, 5) is 18.9. The van der Waals surface area contributed by atoms with Crippen molar-refractivity contribution in [3.8, 4) is 6.07 Å². The second-order valence-electron chi connectivity index (χ2n) is 8.05. The van der Waals surface area contributed by atoms with E-state index in [2.05, 4.69) is 26.8 Å². The van der Waals surface area contributed by atoms with Crippen LogP contribution in [0.25, 0.3) is 0 Å². The summed E-state index contributed by atoms with van der Waals surface area (Å²) in [5.74, 6) is 0.398. The molecule has 176 valence electrons. The number of fused-ring (bicyclic) bond motifs is 1. The molecular weight excluding hydrogens is 434 g/mol. The molecule has 10 nitrogen and oxygen atoms in total. The number of carbonyl (C=O) groups is 1. The Hall–Kier alpha value is -3.94. The number of aromatic nitrogens is 3. The number of nitrogens with zero attached hydrogens (tertiary/aromatic N) is 5. The van der Waals surface area contributed by atoms with Gasteiger partial charge in [0.15, 0.2) is 6.29 Å². The molecule has 0 bridgehead atoms. The number of nitriles is 1. The average Bonchev–Trinajstić information content (AvgIpc) is 3.28. The van der Waals surface area contributed by atoms with Crippen LogP contribution in [0.2, 0.25) is 0 Å². The fourth-order valence-electron chi connectivity index (χ4n) is 3.77. The zero-order chi connectivity index (χ0) is 24.2. The molecule has 0 spiro atoms. The fraction of sp³-hybridized carbons (Fsp3) is 0.333. The van der Waals surface area contributed by atoms with E-state index in [1.54, 1.807) is 35.8 Å². The van der Waals surface area contributed by atoms with Gasteiger partial charge in [0.05, 0.1) is 41.4 Å². The number of likely N-dealkylation sites (N-methyl/N-ethyl adjacent to an activating group) is 1. The van der Waals surface area contributed by atoms with Gasteiger partial charge >= 0.3 is 0 Å². The van der Waals surface area contributed by atoms with Gasteiger partial charge in [-0.15, -0.1) is 0 Å². The maximum Gasteiger partial charge on any atom is 0.274 e. The first-order valence-corrected chi connectivity index (χ1v) is 10.9. The summed E-state index contributed by atoms with van der Waals surface area (Å²) >= 11 is 0. The second-order valence-corrected chi connectivity index (χ2v) is 8.05. The lowest BCUT2D eigenvalue weighted by molar-refractivity contribution is -0.160. The van der Waals surface area contributed by atoms with Crippen molar-refractivity contribution in [1.82, 2.24) is 14.8 Å². The molecule has 2 unspecified atom stereocenters. The van der Waals surface area contributed by atoms with Gasteiger partial charge in [-0.25, -0.2) is 4.98 Å². The lowest BCUT2D eigenvalue weighted by Gasteiger charge is -2.36. The third-order valence-corrected chi connectivity index (χ3v) is 5.67. The SMILES string of the molecule is COC(C)OC1C(=O)Nc2c(cc(NCc3cnn(Cc4ccccc4C#N)c3)nc2C)N1C. The van der Waals surface area contributed by atoms with Crippen molar-refractivity contribution in [2.45, 2.75) is 39.5 Å². The van der Waals surface area contributed by atoms with E-state index < -0.39 is 12.5 Å². The van der Waals surface area contributed by atoms with Crippen LogP contribution in [0.3, 0.4) is 0 Å². The predicted octanol–water partition coefficient (Wildman–Crippen LogP) is 2.84. The van der Waals surface area contributed by atoms with Gasteiger partial charge in [0.2, 0.25) is 6.23 Å². The monoisotopic (exact) mass is 461 g/mol. The number of benzene rings is 1. The van der Waals surface area contributed by atoms with Crippen molar-refractivity contribution in [2.24, 2.45) is 0 Å². The van der Waals surface area contributed by atoms with Gasteiger partial charge in [-0.3, -0.25) is 9.48 Å². The highest BCUT2D eigenvalue weighted by Crippen LogP contribution is 2.35. The van der Waals surface area contributed by atoms with Crippen molar-refractivity contribution in [3.05, 3.63) is 65.1 Å². The van der Waals surface area contributed by atoms with Gasteiger partial charge in [0.1, 0.15) is 5.82 Å². The summed E-state index contributed by atoms with van der Waals surface area (Å²) < 4.78 is 12.7. The Bertz CT molecular complexity index is 1230. The Morgan fingerprint density at radius 1 is 1.35 bits per heavy atom. The first-order valence-electron chi connectivity index (χ1n) is 10.9. The van der Waals surface area contributed by atoms with Crippen LogP contribution in [-0.4, -0.2) is 47.3 Å². The van der Waals surface area contributed by atoms with Crippen LogP contribution in [0.15, 0.2) is 42.7 Å². The Labute approximate surface area is 198 Å². The van der Waals surface area contributed by atoms with Crippen LogP contribution in [0, 0.1) is 18.3 Å². The van der Waals surface area contributed by atoms with Gasteiger partial charge in [-0.05, 0) is 25.5 Å². The molecule has 1 aliphatic rings. The summed E-state index contributed by atoms with van der Waals surface area (Å²) in [5, 5.41) is 19.9. The van der Waals surface area contributed by atoms with E-state index >= 15 is 0 Å². The van der Waals surface area contributed by atoms with Gasteiger partial charge < -0.3 is 25.0 Å². The molecule has 3 heterocycles. The van der Waals surface area contributed by atoms with Crippen molar-refractivity contribution < 1.29 is 14.3 Å². The molecule has 3 aromatic rings. The van der Waals surface area contributed by atoms with E-state index in [4.69, 9.17) is 9.47 Å². The zero-order valence-corrected chi connectivity index (χ0v) is 19.6. The number of anilines is 3. The van der Waals surface area contributed by atoms with Crippen LogP contribution in [0.4, 0.5) is 17.2 Å². The number of methoxy groups -OCH3 is 1. The third-order valence-electron chi connectivity index (χ3n) is 5.67. The Morgan fingerprint density at radius 3 is 2.91 bits per heavy atom. The Morgan fingerprint density at radius 2 is 2.15 bits per heavy atom. The molecule has 34 heavy (non-hydrogen) atoms. The lowest BCUT2D eigenvalue weighted by Crippen LogP contribution is -2.49. The highest BCUT2D eigenvalue weighted by molar-refractivity contribution is 6.03. The maximum atomic E-state index is 12.5. The first-order chi connectivity index (χ1) is 16.4. The van der Waals surface area contributed by atoms with Crippen LogP contribution in [0.5, 0.6) is 0 Å². The minimum absolute atomic E-state index is 0.269. The number of carbonyl (C=O) groups excluding carboxylic acids is 1. The molecular formula is C24H27N7O3. The summed E-state index contributed by atoms with van der Waals surface area (Å²) in [6.07, 6.45) is 2.38. The van der Waals surface area contributed by atoms with Crippen LogP contribution < -0.4 is 15.5 Å². The van der Waals surface area contributed by atoms with E-state index in [1.807, 2.05) is 37.4 Å². The molecule has 0 saturated carbocycles. The minimum Gasteiger partial charge on any atom is -0.366 e. The Kier molecular flexibility index (Phi) is 6.77. The highest BCUT2D eigenvalue weighted by atomic mass is 16.7. The van der Waals surface area contributed by atoms with Crippen LogP contribution in [0.1, 0.15) is 29.3 Å². The zero-order valence-electron chi connectivity index (χ0n) is 19.6. The quantitative estimate of drug-likeness (QED) is 0.492. The summed E-state index contributed by atoms with van der Waals surface area (Å²) in [5.41, 5.74) is 4.69. The summed E-state index contributed by atoms with van der Waals surface area (Å²) in [6, 6.07) is 11.6. The first kappa shape index (κ1) is 23.2. The van der Waals surface area contributed by atoms with Crippen molar-refractivity contribution in [1.29, 1.82) is 5.26 Å². The highest BCUT2D eigenvalue weighted by Gasteiger charge is 2.34. The number of pyridine rings is 1. The predicted molar refractivity (Wildman–Crippen MR) is 127 cm³/mol. The van der Waals surface area contributed by atoms with Crippen LogP contribution in [-0.2, 0) is 27.4 Å². The van der Waals surface area contributed by atoms with Crippen molar-refractivity contribution in [3.63, 3.8) is 0 Å².